The quantitative estimate of drug-likeness (QED) is 0.432. The molecule has 1 saturated heterocycles. The van der Waals surface area contributed by atoms with Crippen LogP contribution in [0.1, 0.15) is 0 Å². The average molecular weight is 252 g/mol. The summed E-state index contributed by atoms with van der Waals surface area (Å²) in [7, 11) is 0. The van der Waals surface area contributed by atoms with Crippen molar-refractivity contribution in [2.45, 2.75) is 18.7 Å². The number of carbonyl (C=O) groups excluding carboxylic acids is 1. The largest absolute Gasteiger partial charge is 0.495 e. The molecule has 1 aliphatic rings. The molecule has 0 saturated carbocycles. The van der Waals surface area contributed by atoms with Crippen LogP contribution in [0.2, 0.25) is 0 Å². The Balaban J connectivity index is 2.38. The third kappa shape index (κ3) is 3.25. The molecule has 0 N–H and O–H groups in total. The highest BCUT2D eigenvalue weighted by Crippen LogP contribution is 2.41. The van der Waals surface area contributed by atoms with Crippen LogP contribution in [0, 0.1) is 0 Å². The average Bonchev–Trinajstić information content (AvgIpc) is 2.30. The third-order valence-corrected chi connectivity index (χ3v) is 1.37. The van der Waals surface area contributed by atoms with Crippen molar-refractivity contribution in [3.8, 4) is 0 Å². The topological polar surface area (TPSA) is 54.0 Å². The lowest BCUT2D eigenvalue weighted by Gasteiger charge is -2.18. The third-order valence-electron chi connectivity index (χ3n) is 1.37. The molecular formula is C6H5F5O5. The Morgan fingerprint density at radius 3 is 2.38 bits per heavy atom. The molecule has 0 radical (unpaired) electrons. The second-order valence-electron chi connectivity index (χ2n) is 2.52. The Bertz CT molecular complexity index is 274. The Kier molecular flexibility index (Phi) is 3.65. The van der Waals surface area contributed by atoms with Crippen LogP contribution in [-0.4, -0.2) is 38.1 Å². The fourth-order valence-corrected chi connectivity index (χ4v) is 0.821. The highest BCUT2D eigenvalue weighted by Gasteiger charge is 2.63. The molecule has 1 heterocycles. The van der Waals surface area contributed by atoms with Crippen molar-refractivity contribution < 1.29 is 45.7 Å². The number of ether oxygens (including phenoxy) is 4. The molecule has 0 aromatic heterocycles. The van der Waals surface area contributed by atoms with Gasteiger partial charge in [-0.2, -0.15) is 4.39 Å². The molecule has 5 nitrogen and oxygen atoms in total. The van der Waals surface area contributed by atoms with Gasteiger partial charge in [-0.1, -0.05) is 0 Å². The number of rotatable bonds is 4. The number of halogens is 5. The Morgan fingerprint density at radius 1 is 1.31 bits per heavy atom. The van der Waals surface area contributed by atoms with Crippen LogP contribution in [0.4, 0.5) is 26.7 Å². The van der Waals surface area contributed by atoms with E-state index in [1.807, 2.05) is 0 Å². The summed E-state index contributed by atoms with van der Waals surface area (Å²) in [4.78, 5) is 9.60. The smallest absolute Gasteiger partial charge is 0.438 e. The molecular weight excluding hydrogens is 247 g/mol. The van der Waals surface area contributed by atoms with Crippen molar-refractivity contribution in [1.29, 1.82) is 0 Å². The van der Waals surface area contributed by atoms with Gasteiger partial charge in [-0.3, -0.25) is 4.74 Å². The molecule has 94 valence electrons. The van der Waals surface area contributed by atoms with Crippen LogP contribution < -0.4 is 0 Å². The minimum atomic E-state index is -4.47. The maximum Gasteiger partial charge on any atom is 0.495 e. The van der Waals surface area contributed by atoms with Crippen molar-refractivity contribution in [1.82, 2.24) is 0 Å². The van der Waals surface area contributed by atoms with E-state index in [9.17, 15) is 26.7 Å². The number of hydrogen-bond acceptors (Lipinski definition) is 5. The van der Waals surface area contributed by atoms with E-state index in [1.165, 1.54) is 0 Å². The summed E-state index contributed by atoms with van der Waals surface area (Å²) in [5, 5.41) is 0. The number of carbonyl (C=O) groups is 1. The van der Waals surface area contributed by atoms with Gasteiger partial charge < -0.3 is 9.47 Å². The van der Waals surface area contributed by atoms with E-state index in [0.717, 1.165) is 0 Å². The fraction of sp³-hybridized carbons (Fsp3) is 0.833. The van der Waals surface area contributed by atoms with Crippen LogP contribution in [0.15, 0.2) is 0 Å². The summed E-state index contributed by atoms with van der Waals surface area (Å²) in [6, 6.07) is -3.83. The Morgan fingerprint density at radius 2 is 1.94 bits per heavy atom. The standard InChI is InChI=1S/C6H5F5O5/c7-3-5(9,16-6(10,11)15-3)14-2-1-13-4(8)12/h3H,1-2H2. The molecule has 2 unspecified atom stereocenters. The fourth-order valence-electron chi connectivity index (χ4n) is 0.821. The molecule has 0 bridgehead atoms. The van der Waals surface area contributed by atoms with Gasteiger partial charge in [0, 0.05) is 0 Å². The van der Waals surface area contributed by atoms with Gasteiger partial charge in [0.15, 0.2) is 0 Å². The van der Waals surface area contributed by atoms with E-state index in [-0.39, 0.29) is 0 Å². The summed E-state index contributed by atoms with van der Waals surface area (Å²) >= 11 is 0. The van der Waals surface area contributed by atoms with Gasteiger partial charge in [0.1, 0.15) is 6.61 Å². The van der Waals surface area contributed by atoms with Crippen LogP contribution in [0.25, 0.3) is 0 Å². The molecule has 0 amide bonds. The SMILES string of the molecule is O=C(F)OCCOC1(F)OC(F)(F)OC1F. The minimum absolute atomic E-state index is 0.803. The lowest BCUT2D eigenvalue weighted by molar-refractivity contribution is -0.408. The van der Waals surface area contributed by atoms with E-state index in [4.69, 9.17) is 0 Å². The van der Waals surface area contributed by atoms with Crippen molar-refractivity contribution in [3.05, 3.63) is 0 Å². The Labute approximate surface area is 85.0 Å². The first-order chi connectivity index (χ1) is 7.25. The van der Waals surface area contributed by atoms with Gasteiger partial charge in [0.25, 0.3) is 6.36 Å². The van der Waals surface area contributed by atoms with Gasteiger partial charge in [0.05, 0.1) is 6.61 Å². The van der Waals surface area contributed by atoms with Gasteiger partial charge >= 0.3 is 18.6 Å². The highest BCUT2D eigenvalue weighted by atomic mass is 19.3. The second kappa shape index (κ2) is 4.47. The molecule has 1 rings (SSSR count). The molecule has 1 aliphatic heterocycles. The summed E-state index contributed by atoms with van der Waals surface area (Å²) < 4.78 is 75.3. The van der Waals surface area contributed by atoms with Crippen molar-refractivity contribution >= 4 is 6.22 Å². The maximum absolute atomic E-state index is 13.1. The zero-order valence-electron chi connectivity index (χ0n) is 7.42. The van der Waals surface area contributed by atoms with E-state index >= 15 is 0 Å². The van der Waals surface area contributed by atoms with Gasteiger partial charge in [-0.05, 0) is 0 Å². The lowest BCUT2D eigenvalue weighted by atomic mass is 10.6. The summed E-state index contributed by atoms with van der Waals surface area (Å²) in [5.41, 5.74) is 0. The summed E-state index contributed by atoms with van der Waals surface area (Å²) in [5.74, 6) is 0. The van der Waals surface area contributed by atoms with Gasteiger partial charge in [-0.15, -0.1) is 13.2 Å². The predicted octanol–water partition coefficient (Wildman–Crippen LogP) is 1.63. The van der Waals surface area contributed by atoms with Crippen LogP contribution in [0.5, 0.6) is 0 Å². The van der Waals surface area contributed by atoms with E-state index in [2.05, 4.69) is 18.9 Å². The molecule has 0 aromatic rings. The monoisotopic (exact) mass is 252 g/mol. The second-order valence-corrected chi connectivity index (χ2v) is 2.52. The molecule has 2 atom stereocenters. The van der Waals surface area contributed by atoms with E-state index < -0.39 is 38.1 Å². The van der Waals surface area contributed by atoms with Crippen molar-refractivity contribution in [2.75, 3.05) is 13.2 Å². The zero-order chi connectivity index (χ0) is 12.4. The van der Waals surface area contributed by atoms with E-state index in [0.29, 0.717) is 0 Å². The molecule has 16 heavy (non-hydrogen) atoms. The minimum Gasteiger partial charge on any atom is -0.438 e. The zero-order valence-corrected chi connectivity index (χ0v) is 7.42. The molecule has 1 fully saturated rings. The molecule has 0 aromatic carbocycles. The van der Waals surface area contributed by atoms with Crippen LogP contribution >= 0.6 is 0 Å². The number of hydrogen-bond donors (Lipinski definition) is 0. The van der Waals surface area contributed by atoms with Gasteiger partial charge in [-0.25, -0.2) is 13.9 Å². The normalized spacial score (nSPS) is 32.7. The predicted molar refractivity (Wildman–Crippen MR) is 34.3 cm³/mol. The molecule has 10 heteroatoms. The number of alkyl halides is 4. The van der Waals surface area contributed by atoms with Crippen molar-refractivity contribution in [2.24, 2.45) is 0 Å². The van der Waals surface area contributed by atoms with Crippen LogP contribution in [0.3, 0.4) is 0 Å². The first-order valence-corrected chi connectivity index (χ1v) is 3.80. The summed E-state index contributed by atoms with van der Waals surface area (Å²) in [6.07, 6.45) is -9.82. The van der Waals surface area contributed by atoms with Crippen molar-refractivity contribution in [3.63, 3.8) is 0 Å². The molecule has 0 spiro atoms. The van der Waals surface area contributed by atoms with Crippen LogP contribution in [-0.2, 0) is 18.9 Å². The first kappa shape index (κ1) is 13.1. The van der Waals surface area contributed by atoms with Gasteiger partial charge in [0.2, 0.25) is 0 Å². The Hall–Kier alpha value is -1.00. The lowest BCUT2D eigenvalue weighted by Crippen LogP contribution is -2.37. The summed E-state index contributed by atoms with van der Waals surface area (Å²) in [6.45, 7) is -1.70. The van der Waals surface area contributed by atoms with E-state index in [1.54, 1.807) is 0 Å². The molecule has 0 aliphatic carbocycles. The first-order valence-electron chi connectivity index (χ1n) is 3.80. The maximum atomic E-state index is 13.1. The highest BCUT2D eigenvalue weighted by molar-refractivity contribution is 5.57.